The Morgan fingerprint density at radius 1 is 1.08 bits per heavy atom. The van der Waals surface area contributed by atoms with Crippen LogP contribution < -0.4 is 5.73 Å². The second-order valence-electron chi connectivity index (χ2n) is 10.6. The number of carbonyl (C=O) groups excluding carboxylic acids is 4. The Hall–Kier alpha value is -4.28. The predicted molar refractivity (Wildman–Crippen MR) is 139 cm³/mol. The summed E-state index contributed by atoms with van der Waals surface area (Å²) in [4.78, 5) is 52.8. The van der Waals surface area contributed by atoms with Gasteiger partial charge in [0.15, 0.2) is 17.2 Å². The van der Waals surface area contributed by atoms with Crippen LogP contribution in [0.15, 0.2) is 59.1 Å². The number of allylic oxidation sites excluding steroid dienone is 1. The molecule has 0 heterocycles. The molecule has 0 saturated carbocycles. The first-order valence-corrected chi connectivity index (χ1v) is 12.4. The number of aliphatic hydroxyl groups is 3. The number of amides is 1. The number of benzene rings is 2. The molecule has 10 nitrogen and oxygen atoms in total. The molecule has 2 aromatic rings. The van der Waals surface area contributed by atoms with Crippen molar-refractivity contribution in [1.29, 1.82) is 0 Å². The van der Waals surface area contributed by atoms with Gasteiger partial charge in [-0.25, -0.2) is 0 Å². The first kappa shape index (κ1) is 26.3. The number of carbonyl (C=O) groups is 4. The van der Waals surface area contributed by atoms with Crippen LogP contribution in [0.1, 0.15) is 39.6 Å². The van der Waals surface area contributed by atoms with Crippen molar-refractivity contribution in [3.63, 3.8) is 0 Å². The fraction of sp³-hybridized carbons (Fsp3) is 0.310. The van der Waals surface area contributed by atoms with E-state index in [0.29, 0.717) is 22.3 Å². The molecule has 3 aliphatic carbocycles. The molecule has 0 unspecified atom stereocenters. The van der Waals surface area contributed by atoms with Crippen LogP contribution in [0.25, 0.3) is 11.1 Å². The fourth-order valence-electron chi connectivity index (χ4n) is 6.43. The summed E-state index contributed by atoms with van der Waals surface area (Å²) in [6.07, 6.45) is 0.150. The highest BCUT2D eigenvalue weighted by Crippen LogP contribution is 2.53. The Morgan fingerprint density at radius 2 is 1.77 bits per heavy atom. The molecule has 0 aromatic heterocycles. The molecule has 202 valence electrons. The SMILES string of the molecule is CC(=O)c1cccc(-c2ccc(O)c3c2C[C@@H]2C[C@@H]4[C@H](N(C)C)C(O)=C(C(N)=O)C(=O)[C@]4(O)C(O)=C2C3=O)c1. The largest absolute Gasteiger partial charge is 0.510 e. The van der Waals surface area contributed by atoms with Crippen LogP contribution >= 0.6 is 0 Å². The van der Waals surface area contributed by atoms with Crippen molar-refractivity contribution in [3.05, 3.63) is 75.8 Å². The van der Waals surface area contributed by atoms with Crippen molar-refractivity contribution in [2.75, 3.05) is 14.1 Å². The molecule has 0 saturated heterocycles. The van der Waals surface area contributed by atoms with Gasteiger partial charge in [-0.05, 0) is 68.6 Å². The number of hydrogen-bond donors (Lipinski definition) is 5. The molecule has 0 spiro atoms. The van der Waals surface area contributed by atoms with Gasteiger partial charge in [0, 0.05) is 17.1 Å². The van der Waals surface area contributed by atoms with E-state index in [1.807, 2.05) is 0 Å². The van der Waals surface area contributed by atoms with E-state index in [0.717, 1.165) is 0 Å². The van der Waals surface area contributed by atoms with Crippen LogP contribution in [0.5, 0.6) is 5.75 Å². The molecular weight excluding hydrogens is 504 g/mol. The Balaban J connectivity index is 1.72. The molecule has 0 bridgehead atoms. The second kappa shape index (κ2) is 8.89. The number of phenols is 1. The van der Waals surface area contributed by atoms with E-state index in [1.165, 1.54) is 17.9 Å². The average Bonchev–Trinajstić information content (AvgIpc) is 2.86. The van der Waals surface area contributed by atoms with Gasteiger partial charge in [-0.2, -0.15) is 0 Å². The monoisotopic (exact) mass is 532 g/mol. The number of fused-ring (bicyclic) bond motifs is 3. The number of Topliss-reactive ketones (excluding diaryl/α,β-unsaturated/α-hetero) is 3. The van der Waals surface area contributed by atoms with E-state index >= 15 is 0 Å². The van der Waals surface area contributed by atoms with Crippen LogP contribution in [-0.2, 0) is 16.0 Å². The maximum Gasteiger partial charge on any atom is 0.255 e. The smallest absolute Gasteiger partial charge is 0.255 e. The van der Waals surface area contributed by atoms with Gasteiger partial charge in [-0.1, -0.05) is 24.3 Å². The molecule has 3 aliphatic rings. The highest BCUT2D eigenvalue weighted by molar-refractivity contribution is 6.25. The third kappa shape index (κ3) is 3.63. The first-order chi connectivity index (χ1) is 18.3. The maximum absolute atomic E-state index is 13.8. The van der Waals surface area contributed by atoms with Gasteiger partial charge >= 0.3 is 0 Å². The highest BCUT2D eigenvalue weighted by atomic mass is 16.3. The van der Waals surface area contributed by atoms with Crippen molar-refractivity contribution in [3.8, 4) is 16.9 Å². The Bertz CT molecular complexity index is 1550. The topological polar surface area (TPSA) is 178 Å². The van der Waals surface area contributed by atoms with Crippen molar-refractivity contribution < 1.29 is 39.6 Å². The Labute approximate surface area is 223 Å². The van der Waals surface area contributed by atoms with E-state index in [4.69, 9.17) is 5.73 Å². The zero-order valence-corrected chi connectivity index (χ0v) is 21.6. The molecule has 0 fully saturated rings. The molecule has 10 heteroatoms. The Kier molecular flexibility index (Phi) is 6.00. The normalized spacial score (nSPS) is 26.3. The lowest BCUT2D eigenvalue weighted by Gasteiger charge is -2.50. The van der Waals surface area contributed by atoms with Crippen molar-refractivity contribution in [1.82, 2.24) is 4.90 Å². The molecule has 1 amide bonds. The van der Waals surface area contributed by atoms with Crippen molar-refractivity contribution in [2.45, 2.75) is 31.4 Å². The first-order valence-electron chi connectivity index (χ1n) is 12.4. The standard InChI is InChI=1S/C29H28N2O8/c1-12(32)13-5-4-6-14(9-13)16-7-8-19(33)21-17(16)10-15-11-18-23(31(2)3)25(35)22(28(30)38)27(37)29(18,39)26(36)20(15)24(21)34/h4-9,15,18,23,33,35-36,39H,10-11H2,1-3H3,(H2,30,38)/t15-,18-,23+,29-/m1/s1. The van der Waals surface area contributed by atoms with E-state index in [9.17, 15) is 39.6 Å². The number of hydrogen-bond acceptors (Lipinski definition) is 9. The minimum Gasteiger partial charge on any atom is -0.510 e. The molecule has 6 N–H and O–H groups in total. The van der Waals surface area contributed by atoms with E-state index in [-0.39, 0.29) is 35.5 Å². The molecule has 39 heavy (non-hydrogen) atoms. The van der Waals surface area contributed by atoms with Crippen LogP contribution in [-0.4, -0.2) is 74.3 Å². The number of rotatable bonds is 4. The van der Waals surface area contributed by atoms with Gasteiger partial charge in [-0.15, -0.1) is 0 Å². The van der Waals surface area contributed by atoms with E-state index < -0.39 is 58.0 Å². The van der Waals surface area contributed by atoms with Crippen LogP contribution in [0.2, 0.25) is 0 Å². The van der Waals surface area contributed by atoms with Crippen LogP contribution in [0.3, 0.4) is 0 Å². The highest BCUT2D eigenvalue weighted by Gasteiger charge is 2.63. The van der Waals surface area contributed by atoms with Gasteiger partial charge in [0.2, 0.25) is 5.78 Å². The predicted octanol–water partition coefficient (Wildman–Crippen LogP) is 1.99. The molecule has 5 rings (SSSR count). The quantitative estimate of drug-likeness (QED) is 0.291. The number of aromatic hydroxyl groups is 1. The lowest BCUT2D eigenvalue weighted by molar-refractivity contribution is -0.148. The van der Waals surface area contributed by atoms with E-state index in [1.54, 1.807) is 44.4 Å². The number of aliphatic hydroxyl groups excluding tert-OH is 2. The average molecular weight is 533 g/mol. The number of nitrogens with two attached hydrogens (primary N) is 1. The third-order valence-electron chi connectivity index (χ3n) is 8.19. The van der Waals surface area contributed by atoms with Crippen LogP contribution in [0, 0.1) is 11.8 Å². The van der Waals surface area contributed by atoms with Gasteiger partial charge in [0.05, 0.1) is 11.6 Å². The maximum atomic E-state index is 13.8. The summed E-state index contributed by atoms with van der Waals surface area (Å²) in [5.41, 5.74) is 3.75. The van der Waals surface area contributed by atoms with Gasteiger partial charge < -0.3 is 26.2 Å². The van der Waals surface area contributed by atoms with Gasteiger partial charge in [-0.3, -0.25) is 24.1 Å². The summed E-state index contributed by atoms with van der Waals surface area (Å²) in [5.74, 6) is -7.12. The molecule has 4 atom stereocenters. The van der Waals surface area contributed by atoms with Crippen molar-refractivity contribution >= 4 is 23.3 Å². The summed E-state index contributed by atoms with van der Waals surface area (Å²) in [6.45, 7) is 1.44. The summed E-state index contributed by atoms with van der Waals surface area (Å²) >= 11 is 0. The lowest BCUT2D eigenvalue weighted by Crippen LogP contribution is -2.63. The molecule has 2 aromatic carbocycles. The summed E-state index contributed by atoms with van der Waals surface area (Å²) in [7, 11) is 3.15. The number of ketones is 3. The summed E-state index contributed by atoms with van der Waals surface area (Å²) in [6, 6.07) is 8.78. The second-order valence-corrected chi connectivity index (χ2v) is 10.6. The molecule has 0 radical (unpaired) electrons. The van der Waals surface area contributed by atoms with Gasteiger partial charge in [0.1, 0.15) is 22.8 Å². The number of likely N-dealkylation sites (N-methyl/N-ethyl adjacent to an activating group) is 1. The third-order valence-corrected chi connectivity index (χ3v) is 8.19. The minimum absolute atomic E-state index is 0.00561. The molecular formula is C29H28N2O8. The zero-order chi connectivity index (χ0) is 28.5. The van der Waals surface area contributed by atoms with Crippen molar-refractivity contribution in [2.24, 2.45) is 17.6 Å². The zero-order valence-electron chi connectivity index (χ0n) is 21.6. The lowest BCUT2D eigenvalue weighted by atomic mass is 9.58. The minimum atomic E-state index is -2.69. The number of nitrogens with zero attached hydrogens (tertiary/aromatic N) is 1. The Morgan fingerprint density at radius 3 is 2.38 bits per heavy atom. The summed E-state index contributed by atoms with van der Waals surface area (Å²) < 4.78 is 0. The summed E-state index contributed by atoms with van der Waals surface area (Å²) in [5, 5.41) is 44.6. The molecule has 0 aliphatic heterocycles. The number of primary amides is 1. The van der Waals surface area contributed by atoms with Gasteiger partial charge in [0.25, 0.3) is 5.91 Å². The number of phenolic OH excluding ortho intramolecular Hbond substituents is 1. The van der Waals surface area contributed by atoms with Crippen LogP contribution in [0.4, 0.5) is 0 Å². The van der Waals surface area contributed by atoms with E-state index in [2.05, 4.69) is 0 Å². The fourth-order valence-corrected chi connectivity index (χ4v) is 6.43.